The fourth-order valence-corrected chi connectivity index (χ4v) is 4.69. The van der Waals surface area contributed by atoms with E-state index < -0.39 is 0 Å². The van der Waals surface area contributed by atoms with Gasteiger partial charge >= 0.3 is 0 Å². The van der Waals surface area contributed by atoms with E-state index in [1.807, 2.05) is 0 Å². The van der Waals surface area contributed by atoms with Gasteiger partial charge in [0.1, 0.15) is 0 Å². The highest BCUT2D eigenvalue weighted by atomic mass is 15.2. The van der Waals surface area contributed by atoms with Crippen LogP contribution in [-0.2, 0) is 0 Å². The number of benzene rings is 5. The second-order valence-corrected chi connectivity index (χ2v) is 7.75. The van der Waals surface area contributed by atoms with Crippen molar-refractivity contribution in [2.45, 2.75) is 13.0 Å². The zero-order valence-corrected chi connectivity index (χ0v) is 16.0. The van der Waals surface area contributed by atoms with Crippen molar-refractivity contribution >= 4 is 60.7 Å². The lowest BCUT2D eigenvalue weighted by molar-refractivity contribution is 0.868. The number of rotatable bonds is 0. The molecule has 0 aliphatic carbocycles. The van der Waals surface area contributed by atoms with Crippen LogP contribution in [-0.4, -0.2) is 19.3 Å². The fraction of sp³-hybridized carbons (Fsp3) is 0.115. The Bertz CT molecular complexity index is 1450. The van der Waals surface area contributed by atoms with E-state index in [4.69, 9.17) is 4.99 Å². The molecule has 1 aliphatic rings. The van der Waals surface area contributed by atoms with Gasteiger partial charge in [-0.3, -0.25) is 4.99 Å². The molecule has 1 atom stereocenters. The van der Waals surface area contributed by atoms with Gasteiger partial charge in [-0.15, -0.1) is 0 Å². The molecule has 28 heavy (non-hydrogen) atoms. The second-order valence-electron chi connectivity index (χ2n) is 7.75. The van der Waals surface area contributed by atoms with E-state index in [-0.39, 0.29) is 6.04 Å². The number of hydrogen-bond donors (Lipinski definition) is 0. The van der Waals surface area contributed by atoms with E-state index in [0.29, 0.717) is 0 Å². The Labute approximate surface area is 163 Å². The van der Waals surface area contributed by atoms with Crippen LogP contribution in [0.25, 0.3) is 43.1 Å². The molecule has 134 valence electrons. The topological polar surface area (TPSA) is 15.6 Å². The van der Waals surface area contributed by atoms with E-state index in [0.717, 1.165) is 5.69 Å². The summed E-state index contributed by atoms with van der Waals surface area (Å²) in [7, 11) is 2.19. The molecule has 5 aromatic carbocycles. The summed E-state index contributed by atoms with van der Waals surface area (Å²) in [6, 6.07) is 26.6. The summed E-state index contributed by atoms with van der Waals surface area (Å²) >= 11 is 0. The van der Waals surface area contributed by atoms with Crippen molar-refractivity contribution in [2.75, 3.05) is 11.9 Å². The highest BCUT2D eigenvalue weighted by molar-refractivity contribution is 6.31. The van der Waals surface area contributed by atoms with Gasteiger partial charge in [-0.2, -0.15) is 0 Å². The maximum Gasteiger partial charge on any atom is 0.0951 e. The molecule has 1 heterocycles. The molecule has 2 heteroatoms. The van der Waals surface area contributed by atoms with Crippen molar-refractivity contribution in [3.63, 3.8) is 0 Å². The molecule has 0 N–H and O–H groups in total. The molecular formula is C26H20N2. The van der Waals surface area contributed by atoms with Crippen molar-refractivity contribution in [3.8, 4) is 0 Å². The molecule has 2 nitrogen and oxygen atoms in total. The van der Waals surface area contributed by atoms with E-state index in [2.05, 4.69) is 97.9 Å². The lowest BCUT2D eigenvalue weighted by Crippen LogP contribution is -2.32. The average Bonchev–Trinajstić information content (AvgIpc) is 2.75. The molecular weight excluding hydrogens is 340 g/mol. The number of nitrogens with zero attached hydrogens (tertiary/aromatic N) is 2. The summed E-state index contributed by atoms with van der Waals surface area (Å²) in [5.74, 6) is 0. The highest BCUT2D eigenvalue weighted by Gasteiger charge is 2.24. The summed E-state index contributed by atoms with van der Waals surface area (Å²) in [5.41, 5.74) is 2.34. The van der Waals surface area contributed by atoms with Crippen molar-refractivity contribution in [2.24, 2.45) is 4.99 Å². The Morgan fingerprint density at radius 1 is 0.679 bits per heavy atom. The Kier molecular flexibility index (Phi) is 3.10. The maximum absolute atomic E-state index is 4.99. The van der Waals surface area contributed by atoms with Crippen LogP contribution in [0.1, 0.15) is 6.92 Å². The van der Waals surface area contributed by atoms with Crippen LogP contribution >= 0.6 is 0 Å². The molecule has 6 rings (SSSR count). The van der Waals surface area contributed by atoms with E-state index in [9.17, 15) is 0 Å². The van der Waals surface area contributed by atoms with Gasteiger partial charge in [0.05, 0.1) is 17.4 Å². The molecule has 0 aromatic heterocycles. The Morgan fingerprint density at radius 3 is 1.93 bits per heavy atom. The van der Waals surface area contributed by atoms with Crippen LogP contribution in [0.4, 0.5) is 11.4 Å². The van der Waals surface area contributed by atoms with E-state index in [1.165, 1.54) is 48.8 Å². The van der Waals surface area contributed by atoms with Gasteiger partial charge in [-0.1, -0.05) is 72.8 Å². The third kappa shape index (κ3) is 1.95. The molecule has 1 aliphatic heterocycles. The Balaban J connectivity index is 1.97. The number of hydrogen-bond acceptors (Lipinski definition) is 2. The third-order valence-corrected chi connectivity index (χ3v) is 6.23. The first-order chi connectivity index (χ1) is 13.7. The summed E-state index contributed by atoms with van der Waals surface area (Å²) in [4.78, 5) is 7.37. The zero-order chi connectivity index (χ0) is 18.8. The first-order valence-electron chi connectivity index (χ1n) is 9.80. The van der Waals surface area contributed by atoms with Crippen LogP contribution in [0.2, 0.25) is 0 Å². The molecule has 0 spiro atoms. The van der Waals surface area contributed by atoms with Crippen LogP contribution in [0, 0.1) is 0 Å². The quantitative estimate of drug-likeness (QED) is 0.276. The summed E-state index contributed by atoms with van der Waals surface area (Å²) in [6.45, 7) is 2.21. The van der Waals surface area contributed by atoms with Gasteiger partial charge in [0.15, 0.2) is 0 Å². The smallest absolute Gasteiger partial charge is 0.0951 e. The van der Waals surface area contributed by atoms with Gasteiger partial charge in [-0.25, -0.2) is 0 Å². The molecule has 0 saturated carbocycles. The molecule has 0 bridgehead atoms. The van der Waals surface area contributed by atoms with Gasteiger partial charge in [0, 0.05) is 24.0 Å². The normalized spacial score (nSPS) is 16.4. The maximum atomic E-state index is 4.99. The summed E-state index contributed by atoms with van der Waals surface area (Å²) in [5, 5.41) is 10.2. The first kappa shape index (κ1) is 15.6. The lowest BCUT2D eigenvalue weighted by Gasteiger charge is -2.32. The van der Waals surface area contributed by atoms with Crippen molar-refractivity contribution < 1.29 is 0 Å². The second kappa shape index (κ2) is 5.56. The molecule has 0 saturated heterocycles. The SMILES string of the molecule is CC1C=Nc2c(c3c4ccccc4ccc3c3ccc4ccccc4c23)N1C. The lowest BCUT2D eigenvalue weighted by atomic mass is 9.90. The number of anilines is 1. The third-order valence-electron chi connectivity index (χ3n) is 6.23. The first-order valence-corrected chi connectivity index (χ1v) is 9.80. The highest BCUT2D eigenvalue weighted by Crippen LogP contribution is 2.49. The predicted octanol–water partition coefficient (Wildman–Crippen LogP) is 6.84. The molecule has 0 amide bonds. The van der Waals surface area contributed by atoms with Crippen molar-refractivity contribution in [1.82, 2.24) is 0 Å². The molecule has 0 radical (unpaired) electrons. The van der Waals surface area contributed by atoms with Gasteiger partial charge in [0.2, 0.25) is 0 Å². The number of aliphatic imine (C=N–C) groups is 1. The largest absolute Gasteiger partial charge is 0.365 e. The summed E-state index contributed by atoms with van der Waals surface area (Å²) < 4.78 is 0. The minimum absolute atomic E-state index is 0.266. The van der Waals surface area contributed by atoms with Crippen molar-refractivity contribution in [1.29, 1.82) is 0 Å². The number of fused-ring (bicyclic) bond motifs is 10. The van der Waals surface area contributed by atoms with Crippen LogP contribution in [0.3, 0.4) is 0 Å². The van der Waals surface area contributed by atoms with Gasteiger partial charge in [-0.05, 0) is 39.2 Å². The minimum Gasteiger partial charge on any atom is -0.365 e. The van der Waals surface area contributed by atoms with Crippen molar-refractivity contribution in [3.05, 3.63) is 72.8 Å². The molecule has 5 aromatic rings. The monoisotopic (exact) mass is 360 g/mol. The van der Waals surface area contributed by atoms with E-state index >= 15 is 0 Å². The van der Waals surface area contributed by atoms with Gasteiger partial charge < -0.3 is 4.90 Å². The fourth-order valence-electron chi connectivity index (χ4n) is 4.69. The van der Waals surface area contributed by atoms with Crippen LogP contribution in [0.5, 0.6) is 0 Å². The Hall–Kier alpha value is -3.39. The van der Waals surface area contributed by atoms with Crippen LogP contribution in [0.15, 0.2) is 77.8 Å². The minimum atomic E-state index is 0.266. The summed E-state index contributed by atoms with van der Waals surface area (Å²) in [6.07, 6.45) is 2.07. The zero-order valence-electron chi connectivity index (χ0n) is 16.0. The van der Waals surface area contributed by atoms with Gasteiger partial charge in [0.25, 0.3) is 0 Å². The van der Waals surface area contributed by atoms with Crippen LogP contribution < -0.4 is 4.90 Å². The Morgan fingerprint density at radius 2 is 1.25 bits per heavy atom. The molecule has 0 fully saturated rings. The predicted molar refractivity (Wildman–Crippen MR) is 122 cm³/mol. The molecule has 1 unspecified atom stereocenters. The average molecular weight is 360 g/mol. The van der Waals surface area contributed by atoms with E-state index in [1.54, 1.807) is 0 Å². The standard InChI is InChI=1S/C26H20N2/c1-16-15-27-25-23-19-9-5-3-7-17(19)11-13-21(23)22-14-12-18-8-4-6-10-20(18)24(22)26(25)28(16)2/h3-16H,1-2H3.